The van der Waals surface area contributed by atoms with Gasteiger partial charge in [-0.1, -0.05) is 6.92 Å². The number of nitrogens with two attached hydrogens (primary N) is 1. The third kappa shape index (κ3) is 1.87. The van der Waals surface area contributed by atoms with E-state index in [-0.39, 0.29) is 0 Å². The van der Waals surface area contributed by atoms with Crippen LogP contribution in [-0.4, -0.2) is 4.98 Å². The smallest absolute Gasteiger partial charge is 0.142 e. The normalized spacial score (nSPS) is 10.3. The van der Waals surface area contributed by atoms with E-state index in [0.717, 1.165) is 28.1 Å². The van der Waals surface area contributed by atoms with E-state index in [2.05, 4.69) is 31.0 Å². The number of nitrogens with zero attached hydrogens (tertiary/aromatic N) is 2. The van der Waals surface area contributed by atoms with Crippen molar-refractivity contribution in [1.29, 1.82) is 5.26 Å². The highest BCUT2D eigenvalue weighted by Crippen LogP contribution is 2.37. The molecule has 0 saturated heterocycles. The molecule has 0 aromatic carbocycles. The number of hydrogen-bond acceptors (Lipinski definition) is 4. The minimum atomic E-state index is 0.329. The van der Waals surface area contributed by atoms with E-state index in [9.17, 15) is 5.26 Å². The standard InChI is InChI=1S/C14H15N3S/c1-4-10-9(3)17-14(16)11(7-15)12(10)13-8(2)5-6-18-13/h5-6H,4H2,1-3H3,(H2,16,17). The van der Waals surface area contributed by atoms with Crippen molar-refractivity contribution in [3.63, 3.8) is 0 Å². The first-order valence-corrected chi connectivity index (χ1v) is 6.71. The van der Waals surface area contributed by atoms with Crippen molar-refractivity contribution in [2.75, 3.05) is 5.73 Å². The fraction of sp³-hybridized carbons (Fsp3) is 0.286. The zero-order valence-electron chi connectivity index (χ0n) is 10.7. The molecular weight excluding hydrogens is 242 g/mol. The second-order valence-corrected chi connectivity index (χ2v) is 5.13. The summed E-state index contributed by atoms with van der Waals surface area (Å²) in [4.78, 5) is 5.40. The van der Waals surface area contributed by atoms with Gasteiger partial charge in [-0.15, -0.1) is 11.3 Å². The van der Waals surface area contributed by atoms with Crippen molar-refractivity contribution in [3.05, 3.63) is 33.8 Å². The van der Waals surface area contributed by atoms with Crippen LogP contribution in [0.25, 0.3) is 10.4 Å². The van der Waals surface area contributed by atoms with Crippen LogP contribution in [0.2, 0.25) is 0 Å². The van der Waals surface area contributed by atoms with Crippen LogP contribution in [0.3, 0.4) is 0 Å². The van der Waals surface area contributed by atoms with Crippen LogP contribution in [0.1, 0.15) is 29.3 Å². The molecule has 92 valence electrons. The maximum absolute atomic E-state index is 9.33. The molecular formula is C14H15N3S. The largest absolute Gasteiger partial charge is 0.383 e. The Kier molecular flexibility index (Phi) is 3.35. The molecule has 2 aromatic rings. The third-order valence-electron chi connectivity index (χ3n) is 3.09. The Balaban J connectivity index is 2.87. The summed E-state index contributed by atoms with van der Waals surface area (Å²) < 4.78 is 0. The van der Waals surface area contributed by atoms with Gasteiger partial charge in [0.1, 0.15) is 17.5 Å². The summed E-state index contributed by atoms with van der Waals surface area (Å²) in [5, 5.41) is 11.4. The Labute approximate surface area is 111 Å². The second kappa shape index (κ2) is 4.79. The highest BCUT2D eigenvalue weighted by molar-refractivity contribution is 7.13. The first kappa shape index (κ1) is 12.6. The number of anilines is 1. The predicted molar refractivity (Wildman–Crippen MR) is 75.5 cm³/mol. The molecule has 3 nitrogen and oxygen atoms in total. The van der Waals surface area contributed by atoms with Gasteiger partial charge in [0.25, 0.3) is 0 Å². The van der Waals surface area contributed by atoms with Crippen molar-refractivity contribution in [2.24, 2.45) is 0 Å². The van der Waals surface area contributed by atoms with Crippen molar-refractivity contribution < 1.29 is 0 Å². The van der Waals surface area contributed by atoms with E-state index in [0.29, 0.717) is 11.4 Å². The van der Waals surface area contributed by atoms with Crippen LogP contribution in [0.5, 0.6) is 0 Å². The van der Waals surface area contributed by atoms with Gasteiger partial charge in [-0.2, -0.15) is 5.26 Å². The summed E-state index contributed by atoms with van der Waals surface area (Å²) in [7, 11) is 0. The summed E-state index contributed by atoms with van der Waals surface area (Å²) in [5.74, 6) is 0.329. The van der Waals surface area contributed by atoms with Gasteiger partial charge in [-0.3, -0.25) is 0 Å². The molecule has 0 aliphatic carbocycles. The Morgan fingerprint density at radius 2 is 2.17 bits per heavy atom. The predicted octanol–water partition coefficient (Wildman–Crippen LogP) is 3.44. The molecule has 0 spiro atoms. The first-order valence-electron chi connectivity index (χ1n) is 5.83. The number of rotatable bonds is 2. The van der Waals surface area contributed by atoms with Gasteiger partial charge >= 0.3 is 0 Å². The highest BCUT2D eigenvalue weighted by atomic mass is 32.1. The Hall–Kier alpha value is -1.86. The van der Waals surface area contributed by atoms with E-state index in [1.807, 2.05) is 12.3 Å². The monoisotopic (exact) mass is 257 g/mol. The number of thiophene rings is 1. The molecule has 4 heteroatoms. The topological polar surface area (TPSA) is 62.7 Å². The van der Waals surface area contributed by atoms with Crippen molar-refractivity contribution >= 4 is 17.2 Å². The average molecular weight is 257 g/mol. The van der Waals surface area contributed by atoms with Crippen LogP contribution in [0, 0.1) is 25.2 Å². The molecule has 18 heavy (non-hydrogen) atoms. The van der Waals surface area contributed by atoms with Gasteiger partial charge in [-0.25, -0.2) is 4.98 Å². The average Bonchev–Trinajstić information content (AvgIpc) is 2.74. The van der Waals surface area contributed by atoms with Crippen molar-refractivity contribution in [1.82, 2.24) is 4.98 Å². The molecule has 0 fully saturated rings. The Morgan fingerprint density at radius 3 is 2.67 bits per heavy atom. The minimum Gasteiger partial charge on any atom is -0.383 e. The molecule has 0 atom stereocenters. The van der Waals surface area contributed by atoms with Crippen LogP contribution in [-0.2, 0) is 6.42 Å². The third-order valence-corrected chi connectivity index (χ3v) is 4.12. The van der Waals surface area contributed by atoms with E-state index in [1.54, 1.807) is 11.3 Å². The van der Waals surface area contributed by atoms with Crippen LogP contribution < -0.4 is 5.73 Å². The summed E-state index contributed by atoms with van der Waals surface area (Å²) in [6, 6.07) is 4.26. The van der Waals surface area contributed by atoms with E-state index in [4.69, 9.17) is 5.73 Å². The van der Waals surface area contributed by atoms with Crippen LogP contribution in [0.4, 0.5) is 5.82 Å². The van der Waals surface area contributed by atoms with Crippen molar-refractivity contribution in [3.8, 4) is 16.5 Å². The SMILES string of the molecule is CCc1c(C)nc(N)c(C#N)c1-c1sccc1C. The minimum absolute atomic E-state index is 0.329. The van der Waals surface area contributed by atoms with E-state index < -0.39 is 0 Å². The lowest BCUT2D eigenvalue weighted by molar-refractivity contribution is 1.05. The summed E-state index contributed by atoms with van der Waals surface area (Å²) >= 11 is 1.64. The molecule has 2 heterocycles. The lowest BCUT2D eigenvalue weighted by atomic mass is 9.96. The molecule has 0 amide bonds. The van der Waals surface area contributed by atoms with Gasteiger partial charge in [-0.05, 0) is 42.8 Å². The number of aromatic nitrogens is 1. The van der Waals surface area contributed by atoms with Gasteiger partial charge in [0, 0.05) is 16.1 Å². The van der Waals surface area contributed by atoms with E-state index >= 15 is 0 Å². The van der Waals surface area contributed by atoms with Gasteiger partial charge in [0.2, 0.25) is 0 Å². The molecule has 2 aromatic heterocycles. The summed E-state index contributed by atoms with van der Waals surface area (Å²) in [5.41, 5.74) is 10.6. The molecule has 0 aliphatic rings. The molecule has 0 unspecified atom stereocenters. The Morgan fingerprint density at radius 1 is 1.44 bits per heavy atom. The lowest BCUT2D eigenvalue weighted by Crippen LogP contribution is -2.04. The zero-order chi connectivity index (χ0) is 13.3. The maximum atomic E-state index is 9.33. The highest BCUT2D eigenvalue weighted by Gasteiger charge is 2.18. The molecule has 0 aliphatic heterocycles. The molecule has 2 rings (SSSR count). The molecule has 0 bridgehead atoms. The number of hydrogen-bond donors (Lipinski definition) is 1. The number of pyridine rings is 1. The number of aryl methyl sites for hydroxylation is 2. The Bertz CT molecular complexity index is 635. The van der Waals surface area contributed by atoms with Gasteiger partial charge in [0.05, 0.1) is 0 Å². The quantitative estimate of drug-likeness (QED) is 0.896. The van der Waals surface area contributed by atoms with E-state index in [1.165, 1.54) is 5.56 Å². The number of nitrogen functional groups attached to an aromatic ring is 1. The fourth-order valence-corrected chi connectivity index (χ4v) is 3.19. The summed E-state index contributed by atoms with van der Waals surface area (Å²) in [6.45, 7) is 6.08. The second-order valence-electron chi connectivity index (χ2n) is 4.21. The molecule has 2 N–H and O–H groups in total. The fourth-order valence-electron chi connectivity index (χ4n) is 2.19. The van der Waals surface area contributed by atoms with Gasteiger partial charge < -0.3 is 5.73 Å². The van der Waals surface area contributed by atoms with Crippen LogP contribution >= 0.6 is 11.3 Å². The molecule has 0 radical (unpaired) electrons. The van der Waals surface area contributed by atoms with Crippen LogP contribution in [0.15, 0.2) is 11.4 Å². The first-order chi connectivity index (χ1) is 8.60. The van der Waals surface area contributed by atoms with Crippen molar-refractivity contribution in [2.45, 2.75) is 27.2 Å². The van der Waals surface area contributed by atoms with Gasteiger partial charge in [0.15, 0.2) is 0 Å². The lowest BCUT2D eigenvalue weighted by Gasteiger charge is -2.13. The number of nitriles is 1. The molecule has 0 saturated carbocycles. The summed E-state index contributed by atoms with van der Waals surface area (Å²) in [6.07, 6.45) is 0.848. The maximum Gasteiger partial charge on any atom is 0.142 e. The zero-order valence-corrected chi connectivity index (χ0v) is 11.6.